The van der Waals surface area contributed by atoms with Crippen LogP contribution in [0.3, 0.4) is 0 Å². The van der Waals surface area contributed by atoms with E-state index in [1.165, 1.54) is 6.33 Å². The number of hydrogen-bond acceptors (Lipinski definition) is 5. The summed E-state index contributed by atoms with van der Waals surface area (Å²) in [7, 11) is 0. The third-order valence-corrected chi connectivity index (χ3v) is 3.34. The second-order valence-corrected chi connectivity index (χ2v) is 4.72. The molecular formula is C14H17N3O2. The minimum Gasteiger partial charge on any atom is -0.477 e. The highest BCUT2D eigenvalue weighted by Crippen LogP contribution is 2.21. The lowest BCUT2D eigenvalue weighted by atomic mass is 9.99. The third-order valence-electron chi connectivity index (χ3n) is 3.34. The fourth-order valence-corrected chi connectivity index (χ4v) is 2.23. The molecular weight excluding hydrogens is 242 g/mol. The molecule has 1 aliphatic rings. The predicted octanol–water partition coefficient (Wildman–Crippen LogP) is 2.11. The Hall–Kier alpha value is -1.88. The van der Waals surface area contributed by atoms with Crippen molar-refractivity contribution in [3.8, 4) is 17.3 Å². The van der Waals surface area contributed by atoms with E-state index >= 15 is 0 Å². The first-order chi connectivity index (χ1) is 9.42. The molecule has 2 aromatic rings. The molecule has 19 heavy (non-hydrogen) atoms. The van der Waals surface area contributed by atoms with Crippen LogP contribution >= 0.6 is 0 Å². The Labute approximate surface area is 112 Å². The summed E-state index contributed by atoms with van der Waals surface area (Å²) in [6, 6.07) is 5.53. The third kappa shape index (κ3) is 3.12. The van der Waals surface area contributed by atoms with Gasteiger partial charge in [0, 0.05) is 6.07 Å². The van der Waals surface area contributed by atoms with Crippen LogP contribution in [0.5, 0.6) is 5.88 Å². The van der Waals surface area contributed by atoms with E-state index in [0.29, 0.717) is 11.8 Å². The van der Waals surface area contributed by atoms with Gasteiger partial charge in [0.1, 0.15) is 12.0 Å². The molecule has 0 aromatic carbocycles. The van der Waals surface area contributed by atoms with Gasteiger partial charge in [-0.1, -0.05) is 0 Å². The van der Waals surface area contributed by atoms with Crippen molar-refractivity contribution in [3.05, 3.63) is 30.8 Å². The van der Waals surface area contributed by atoms with Crippen molar-refractivity contribution in [2.45, 2.75) is 12.8 Å². The van der Waals surface area contributed by atoms with Crippen LogP contribution in [0.25, 0.3) is 11.5 Å². The van der Waals surface area contributed by atoms with Crippen LogP contribution in [-0.4, -0.2) is 29.7 Å². The topological polar surface area (TPSA) is 60.2 Å². The summed E-state index contributed by atoms with van der Waals surface area (Å²) in [6.07, 6.45) is 5.47. The van der Waals surface area contributed by atoms with E-state index < -0.39 is 0 Å². The summed E-state index contributed by atoms with van der Waals surface area (Å²) < 4.78 is 11.1. The Kier molecular flexibility index (Phi) is 3.74. The number of rotatable bonds is 4. The van der Waals surface area contributed by atoms with E-state index in [0.717, 1.165) is 44.0 Å². The first kappa shape index (κ1) is 12.2. The summed E-state index contributed by atoms with van der Waals surface area (Å²) >= 11 is 0. The van der Waals surface area contributed by atoms with Gasteiger partial charge in [0.15, 0.2) is 5.76 Å². The van der Waals surface area contributed by atoms with Crippen molar-refractivity contribution in [2.24, 2.45) is 5.92 Å². The molecule has 1 aliphatic heterocycles. The van der Waals surface area contributed by atoms with E-state index in [-0.39, 0.29) is 0 Å². The van der Waals surface area contributed by atoms with E-state index in [1.807, 2.05) is 18.2 Å². The number of piperidine rings is 1. The van der Waals surface area contributed by atoms with E-state index in [1.54, 1.807) is 6.26 Å². The highest BCUT2D eigenvalue weighted by molar-refractivity contribution is 5.52. The van der Waals surface area contributed by atoms with E-state index in [2.05, 4.69) is 15.3 Å². The zero-order valence-electron chi connectivity index (χ0n) is 10.7. The van der Waals surface area contributed by atoms with Gasteiger partial charge in [0.05, 0.1) is 12.9 Å². The van der Waals surface area contributed by atoms with Gasteiger partial charge in [0.2, 0.25) is 5.88 Å². The summed E-state index contributed by atoms with van der Waals surface area (Å²) in [6.45, 7) is 2.88. The molecule has 0 amide bonds. The largest absolute Gasteiger partial charge is 0.477 e. The maximum atomic E-state index is 5.76. The van der Waals surface area contributed by atoms with Gasteiger partial charge < -0.3 is 14.5 Å². The molecule has 0 atom stereocenters. The Morgan fingerprint density at radius 1 is 1.32 bits per heavy atom. The summed E-state index contributed by atoms with van der Waals surface area (Å²) in [5.74, 6) is 1.96. The average molecular weight is 259 g/mol. The fraction of sp³-hybridized carbons (Fsp3) is 0.429. The van der Waals surface area contributed by atoms with Crippen LogP contribution in [0.2, 0.25) is 0 Å². The highest BCUT2D eigenvalue weighted by atomic mass is 16.5. The van der Waals surface area contributed by atoms with Crippen molar-refractivity contribution in [2.75, 3.05) is 19.7 Å². The van der Waals surface area contributed by atoms with Gasteiger partial charge in [-0.15, -0.1) is 0 Å². The molecule has 1 fully saturated rings. The molecule has 3 rings (SSSR count). The lowest BCUT2D eigenvalue weighted by molar-refractivity contribution is 0.208. The van der Waals surface area contributed by atoms with Gasteiger partial charge in [-0.25, -0.2) is 9.97 Å². The maximum Gasteiger partial charge on any atom is 0.217 e. The van der Waals surface area contributed by atoms with Crippen LogP contribution in [0.1, 0.15) is 12.8 Å². The molecule has 3 heterocycles. The second kappa shape index (κ2) is 5.84. The molecule has 0 bridgehead atoms. The van der Waals surface area contributed by atoms with Crippen molar-refractivity contribution in [3.63, 3.8) is 0 Å². The molecule has 0 saturated carbocycles. The number of aromatic nitrogens is 2. The fourth-order valence-electron chi connectivity index (χ4n) is 2.23. The van der Waals surface area contributed by atoms with Gasteiger partial charge in [-0.2, -0.15) is 0 Å². The first-order valence-electron chi connectivity index (χ1n) is 6.61. The van der Waals surface area contributed by atoms with E-state index in [4.69, 9.17) is 9.15 Å². The summed E-state index contributed by atoms with van der Waals surface area (Å²) in [5.41, 5.74) is 0.750. The number of ether oxygens (including phenoxy) is 1. The normalized spacial score (nSPS) is 16.4. The maximum absolute atomic E-state index is 5.76. The first-order valence-corrected chi connectivity index (χ1v) is 6.61. The lowest BCUT2D eigenvalue weighted by Crippen LogP contribution is -2.30. The second-order valence-electron chi connectivity index (χ2n) is 4.72. The Morgan fingerprint density at radius 2 is 2.21 bits per heavy atom. The highest BCUT2D eigenvalue weighted by Gasteiger charge is 2.14. The predicted molar refractivity (Wildman–Crippen MR) is 70.8 cm³/mol. The number of furan rings is 1. The number of nitrogens with zero attached hydrogens (tertiary/aromatic N) is 2. The smallest absolute Gasteiger partial charge is 0.217 e. The lowest BCUT2D eigenvalue weighted by Gasteiger charge is -2.22. The molecule has 1 saturated heterocycles. The molecule has 0 unspecified atom stereocenters. The molecule has 100 valence electrons. The van der Waals surface area contributed by atoms with Crippen LogP contribution in [0.4, 0.5) is 0 Å². The standard InChI is InChI=1S/C14H17N3O2/c1-2-13(18-7-1)12-8-14(17-10-16-12)19-9-11-3-5-15-6-4-11/h1-2,7-8,10-11,15H,3-6,9H2. The Balaban J connectivity index is 1.63. The SMILES string of the molecule is c1coc(-c2cc(OCC3CCNCC3)ncn2)c1. The molecule has 0 aliphatic carbocycles. The van der Waals surface area contributed by atoms with Gasteiger partial charge in [-0.3, -0.25) is 0 Å². The summed E-state index contributed by atoms with van der Waals surface area (Å²) in [4.78, 5) is 8.32. The molecule has 5 nitrogen and oxygen atoms in total. The zero-order valence-corrected chi connectivity index (χ0v) is 10.7. The molecule has 0 spiro atoms. The Morgan fingerprint density at radius 3 is 3.00 bits per heavy atom. The van der Waals surface area contributed by atoms with Gasteiger partial charge >= 0.3 is 0 Å². The minimum atomic E-state index is 0.611. The quantitative estimate of drug-likeness (QED) is 0.911. The average Bonchev–Trinajstić information content (AvgIpc) is 3.01. The summed E-state index contributed by atoms with van der Waals surface area (Å²) in [5, 5.41) is 3.35. The van der Waals surface area contributed by atoms with Crippen molar-refractivity contribution < 1.29 is 9.15 Å². The van der Waals surface area contributed by atoms with Crippen LogP contribution in [0, 0.1) is 5.92 Å². The van der Waals surface area contributed by atoms with Crippen LogP contribution in [0.15, 0.2) is 35.2 Å². The van der Waals surface area contributed by atoms with Crippen molar-refractivity contribution in [1.29, 1.82) is 0 Å². The molecule has 0 radical (unpaired) electrons. The van der Waals surface area contributed by atoms with E-state index in [9.17, 15) is 0 Å². The number of nitrogens with one attached hydrogen (secondary N) is 1. The minimum absolute atomic E-state index is 0.611. The molecule has 5 heteroatoms. The van der Waals surface area contributed by atoms with Crippen LogP contribution < -0.4 is 10.1 Å². The van der Waals surface area contributed by atoms with Crippen molar-refractivity contribution >= 4 is 0 Å². The number of hydrogen-bond donors (Lipinski definition) is 1. The Bertz CT molecular complexity index is 507. The van der Waals surface area contributed by atoms with Crippen LogP contribution in [-0.2, 0) is 0 Å². The van der Waals surface area contributed by atoms with Gasteiger partial charge in [-0.05, 0) is 44.0 Å². The zero-order chi connectivity index (χ0) is 12.9. The van der Waals surface area contributed by atoms with Gasteiger partial charge in [0.25, 0.3) is 0 Å². The van der Waals surface area contributed by atoms with Crippen molar-refractivity contribution in [1.82, 2.24) is 15.3 Å². The molecule has 1 N–H and O–H groups in total. The monoisotopic (exact) mass is 259 g/mol. The molecule has 2 aromatic heterocycles.